The van der Waals surface area contributed by atoms with Crippen molar-refractivity contribution < 1.29 is 23.9 Å². The lowest BCUT2D eigenvalue weighted by Crippen LogP contribution is -2.50. The molecule has 178 valence electrons. The molecule has 0 radical (unpaired) electrons. The fourth-order valence-electron chi connectivity index (χ4n) is 4.15. The van der Waals surface area contributed by atoms with Gasteiger partial charge in [0.1, 0.15) is 5.75 Å². The summed E-state index contributed by atoms with van der Waals surface area (Å²) in [5, 5.41) is 2.92. The quantitative estimate of drug-likeness (QED) is 0.624. The van der Waals surface area contributed by atoms with Crippen LogP contribution in [0.5, 0.6) is 5.75 Å². The Labute approximate surface area is 198 Å². The molecule has 2 aromatic carbocycles. The molecule has 2 aromatic rings. The zero-order valence-electron chi connectivity index (χ0n) is 19.2. The van der Waals surface area contributed by atoms with Gasteiger partial charge in [-0.2, -0.15) is 0 Å². The van der Waals surface area contributed by atoms with E-state index in [9.17, 15) is 19.2 Å². The molecule has 9 heteroatoms. The first-order valence-electron chi connectivity index (χ1n) is 11.4. The normalized spacial score (nSPS) is 16.6. The van der Waals surface area contributed by atoms with Crippen LogP contribution in [0.25, 0.3) is 0 Å². The Morgan fingerprint density at radius 3 is 2.03 bits per heavy atom. The van der Waals surface area contributed by atoms with E-state index in [1.807, 2.05) is 0 Å². The lowest BCUT2D eigenvalue weighted by Gasteiger charge is -2.34. The van der Waals surface area contributed by atoms with Gasteiger partial charge in [-0.25, -0.2) is 0 Å². The van der Waals surface area contributed by atoms with Crippen molar-refractivity contribution in [2.75, 3.05) is 51.3 Å². The summed E-state index contributed by atoms with van der Waals surface area (Å²) in [5.41, 5.74) is 1.62. The molecule has 4 rings (SSSR count). The van der Waals surface area contributed by atoms with Gasteiger partial charge in [-0.05, 0) is 48.5 Å². The number of nitrogens with zero attached hydrogens (tertiary/aromatic N) is 3. The molecule has 2 saturated heterocycles. The Morgan fingerprint density at radius 1 is 0.853 bits per heavy atom. The van der Waals surface area contributed by atoms with E-state index in [2.05, 4.69) is 10.2 Å². The lowest BCUT2D eigenvalue weighted by molar-refractivity contribution is -0.121. The fourth-order valence-corrected chi connectivity index (χ4v) is 4.15. The number of hydrogen-bond donors (Lipinski definition) is 1. The number of hydrogen-bond acceptors (Lipinski definition) is 6. The van der Waals surface area contributed by atoms with E-state index in [0.29, 0.717) is 48.7 Å². The first kappa shape index (κ1) is 23.4. The maximum Gasteiger partial charge on any atom is 0.253 e. The van der Waals surface area contributed by atoms with Crippen LogP contribution in [-0.4, -0.2) is 79.8 Å². The van der Waals surface area contributed by atoms with Gasteiger partial charge in [-0.1, -0.05) is 0 Å². The Kier molecular flexibility index (Phi) is 7.22. The second-order valence-corrected chi connectivity index (χ2v) is 8.29. The van der Waals surface area contributed by atoms with E-state index in [4.69, 9.17) is 4.74 Å². The largest absolute Gasteiger partial charge is 0.497 e. The Hall–Kier alpha value is -3.72. The number of piperazine rings is 1. The van der Waals surface area contributed by atoms with Gasteiger partial charge in [0.15, 0.2) is 0 Å². The Bertz CT molecular complexity index is 1040. The van der Waals surface area contributed by atoms with Crippen LogP contribution in [0.4, 0.5) is 5.69 Å². The van der Waals surface area contributed by atoms with Crippen LogP contribution < -0.4 is 15.0 Å². The van der Waals surface area contributed by atoms with Gasteiger partial charge in [-0.3, -0.25) is 29.0 Å². The second-order valence-electron chi connectivity index (χ2n) is 8.29. The number of rotatable bonds is 7. The fraction of sp³-hybridized carbons (Fsp3) is 0.360. The number of anilines is 1. The molecule has 2 aliphatic rings. The number of benzene rings is 2. The summed E-state index contributed by atoms with van der Waals surface area (Å²) in [4.78, 5) is 54.1. The highest BCUT2D eigenvalue weighted by molar-refractivity contribution is 6.19. The third-order valence-corrected chi connectivity index (χ3v) is 6.15. The minimum atomic E-state index is -0.208. The maximum absolute atomic E-state index is 12.9. The molecular weight excluding hydrogens is 436 g/mol. The van der Waals surface area contributed by atoms with Gasteiger partial charge < -0.3 is 15.0 Å². The van der Waals surface area contributed by atoms with Gasteiger partial charge in [0.2, 0.25) is 11.8 Å². The molecule has 34 heavy (non-hydrogen) atoms. The molecule has 1 N–H and O–H groups in total. The van der Waals surface area contributed by atoms with Crippen LogP contribution in [-0.2, 0) is 9.59 Å². The van der Waals surface area contributed by atoms with Crippen molar-refractivity contribution in [3.05, 3.63) is 59.7 Å². The monoisotopic (exact) mass is 464 g/mol. The Balaban J connectivity index is 1.22. The molecule has 0 atom stereocenters. The van der Waals surface area contributed by atoms with Crippen molar-refractivity contribution in [2.45, 2.75) is 12.8 Å². The number of ether oxygens (including phenoxy) is 1. The summed E-state index contributed by atoms with van der Waals surface area (Å²) in [6.45, 7) is 3.86. The van der Waals surface area contributed by atoms with Crippen LogP contribution in [0, 0.1) is 0 Å². The molecule has 0 spiro atoms. The predicted molar refractivity (Wildman–Crippen MR) is 126 cm³/mol. The van der Waals surface area contributed by atoms with Crippen molar-refractivity contribution >= 4 is 29.3 Å². The first-order valence-corrected chi connectivity index (χ1v) is 11.4. The van der Waals surface area contributed by atoms with Crippen molar-refractivity contribution in [3.63, 3.8) is 0 Å². The molecule has 0 unspecified atom stereocenters. The van der Waals surface area contributed by atoms with Crippen molar-refractivity contribution in [1.82, 2.24) is 15.1 Å². The summed E-state index contributed by atoms with van der Waals surface area (Å²) in [5.74, 6) is 0.0906. The summed E-state index contributed by atoms with van der Waals surface area (Å²) < 4.78 is 5.10. The van der Waals surface area contributed by atoms with E-state index >= 15 is 0 Å². The molecule has 9 nitrogen and oxygen atoms in total. The van der Waals surface area contributed by atoms with Gasteiger partial charge in [0.05, 0.1) is 12.8 Å². The third kappa shape index (κ3) is 5.26. The number of nitrogens with one attached hydrogen (secondary N) is 1. The minimum absolute atomic E-state index is 0.0712. The number of methoxy groups -OCH3 is 1. The average Bonchev–Trinajstić information content (AvgIpc) is 3.21. The number of amides is 4. The second kappa shape index (κ2) is 10.5. The summed E-state index contributed by atoms with van der Waals surface area (Å²) in [6, 6.07) is 13.6. The molecule has 2 heterocycles. The smallest absolute Gasteiger partial charge is 0.253 e. The third-order valence-electron chi connectivity index (χ3n) is 6.15. The molecule has 0 saturated carbocycles. The van der Waals surface area contributed by atoms with E-state index in [1.165, 1.54) is 4.90 Å². The van der Waals surface area contributed by atoms with Crippen molar-refractivity contribution in [2.24, 2.45) is 0 Å². The van der Waals surface area contributed by atoms with E-state index in [1.54, 1.807) is 60.5 Å². The Morgan fingerprint density at radius 2 is 1.44 bits per heavy atom. The molecular formula is C25H28N4O5. The van der Waals surface area contributed by atoms with Crippen LogP contribution in [0.1, 0.15) is 33.6 Å². The lowest BCUT2D eigenvalue weighted by atomic mass is 10.1. The van der Waals surface area contributed by atoms with Gasteiger partial charge in [0, 0.05) is 63.2 Å². The molecule has 0 aliphatic carbocycles. The first-order chi connectivity index (χ1) is 16.5. The highest BCUT2D eigenvalue weighted by Gasteiger charge is 2.30. The number of imide groups is 1. The maximum atomic E-state index is 12.9. The highest BCUT2D eigenvalue weighted by atomic mass is 16.5. The standard InChI is InChI=1S/C25H28N4O5/c1-34-21-8-4-18(5-9-21)24(32)26-12-13-27-14-16-28(17-15-27)25(33)19-2-6-20(7-3-19)29-22(30)10-11-23(29)31/h2-9H,10-17H2,1H3,(H,26,32). The summed E-state index contributed by atoms with van der Waals surface area (Å²) in [7, 11) is 1.58. The summed E-state index contributed by atoms with van der Waals surface area (Å²) in [6.07, 6.45) is 0.462. The van der Waals surface area contributed by atoms with Gasteiger partial charge in [-0.15, -0.1) is 0 Å². The zero-order valence-corrected chi connectivity index (χ0v) is 19.2. The van der Waals surface area contributed by atoms with Crippen LogP contribution in [0.3, 0.4) is 0 Å². The van der Waals surface area contributed by atoms with Crippen LogP contribution >= 0.6 is 0 Å². The van der Waals surface area contributed by atoms with E-state index in [0.717, 1.165) is 13.1 Å². The van der Waals surface area contributed by atoms with Crippen LogP contribution in [0.2, 0.25) is 0 Å². The zero-order chi connectivity index (χ0) is 24.1. The predicted octanol–water partition coefficient (Wildman–Crippen LogP) is 1.54. The average molecular weight is 465 g/mol. The van der Waals surface area contributed by atoms with E-state index < -0.39 is 0 Å². The van der Waals surface area contributed by atoms with Gasteiger partial charge >= 0.3 is 0 Å². The summed E-state index contributed by atoms with van der Waals surface area (Å²) >= 11 is 0. The highest BCUT2D eigenvalue weighted by Crippen LogP contribution is 2.23. The van der Waals surface area contributed by atoms with Crippen LogP contribution in [0.15, 0.2) is 48.5 Å². The topological polar surface area (TPSA) is 99.3 Å². The SMILES string of the molecule is COc1ccc(C(=O)NCCN2CCN(C(=O)c3ccc(N4C(=O)CCC4=O)cc3)CC2)cc1. The molecule has 2 fully saturated rings. The molecule has 2 aliphatic heterocycles. The van der Waals surface area contributed by atoms with Gasteiger partial charge in [0.25, 0.3) is 11.8 Å². The van der Waals surface area contributed by atoms with Crippen molar-refractivity contribution in [1.29, 1.82) is 0 Å². The number of carbonyl (C=O) groups is 4. The number of carbonyl (C=O) groups excluding carboxylic acids is 4. The van der Waals surface area contributed by atoms with E-state index in [-0.39, 0.29) is 36.5 Å². The van der Waals surface area contributed by atoms with Crippen molar-refractivity contribution in [3.8, 4) is 5.75 Å². The molecule has 4 amide bonds. The molecule has 0 aromatic heterocycles. The molecule has 0 bridgehead atoms. The minimum Gasteiger partial charge on any atom is -0.497 e.